The minimum atomic E-state index is -1.89. The van der Waals surface area contributed by atoms with Crippen LogP contribution in [0.25, 0.3) is 0 Å². The first-order valence-electron chi connectivity index (χ1n) is 11.5. The number of likely N-dealkylation sites (N-methyl/N-ethyl adjacent to an activating group) is 1. The van der Waals surface area contributed by atoms with Gasteiger partial charge in [-0.3, -0.25) is 24.5 Å². The summed E-state index contributed by atoms with van der Waals surface area (Å²) in [4.78, 5) is 50.1. The number of carbonyl (C=O) groups is 3. The van der Waals surface area contributed by atoms with Crippen molar-refractivity contribution >= 4 is 23.5 Å². The summed E-state index contributed by atoms with van der Waals surface area (Å²) in [5.74, 6) is -1.99. The molecule has 0 saturated heterocycles. The van der Waals surface area contributed by atoms with Gasteiger partial charge in [-0.05, 0) is 41.7 Å². The summed E-state index contributed by atoms with van der Waals surface area (Å²) in [5, 5.41) is 26.8. The first-order chi connectivity index (χ1) is 17.5. The standard InChI is InChI=1S/C25H29N3O9/c1-14(2)12-25(23(31)26-3,16-6-7-18(28(33)34)19(29)10-16)24(32)27-17(11-22(30)35-4)15-5-8-20-21(9-15)37-13-36-20/h5-10,14,17,29H,11-13H2,1-4H3,(H,26,31)(H,27,32)/t17-,25-/m0/s1. The van der Waals surface area contributed by atoms with E-state index >= 15 is 0 Å². The van der Waals surface area contributed by atoms with E-state index < -0.39 is 45.6 Å². The Morgan fingerprint density at radius 3 is 2.43 bits per heavy atom. The maximum absolute atomic E-state index is 14.0. The summed E-state index contributed by atoms with van der Waals surface area (Å²) in [6, 6.07) is 7.36. The van der Waals surface area contributed by atoms with Crippen molar-refractivity contribution in [2.45, 2.75) is 38.1 Å². The van der Waals surface area contributed by atoms with Gasteiger partial charge in [0, 0.05) is 13.1 Å². The number of methoxy groups -OCH3 is 1. The van der Waals surface area contributed by atoms with E-state index in [2.05, 4.69) is 10.6 Å². The van der Waals surface area contributed by atoms with Crippen LogP contribution in [0.1, 0.15) is 43.9 Å². The Balaban J connectivity index is 2.11. The molecule has 0 radical (unpaired) electrons. The second-order valence-electron chi connectivity index (χ2n) is 8.96. The number of aromatic hydroxyl groups is 1. The molecule has 1 aliphatic heterocycles. The molecule has 198 valence electrons. The molecule has 1 heterocycles. The number of hydrogen-bond acceptors (Lipinski definition) is 9. The van der Waals surface area contributed by atoms with Gasteiger partial charge in [-0.15, -0.1) is 0 Å². The highest BCUT2D eigenvalue weighted by atomic mass is 16.7. The number of ether oxygens (including phenoxy) is 3. The number of esters is 1. The lowest BCUT2D eigenvalue weighted by Crippen LogP contribution is -2.55. The van der Waals surface area contributed by atoms with Crippen molar-refractivity contribution in [2.24, 2.45) is 5.92 Å². The average molecular weight is 516 g/mol. The molecule has 0 spiro atoms. The molecule has 1 aliphatic rings. The number of nitrogens with zero attached hydrogens (tertiary/aromatic N) is 1. The molecule has 12 nitrogen and oxygen atoms in total. The number of rotatable bonds is 10. The van der Waals surface area contributed by atoms with Crippen LogP contribution in [0.5, 0.6) is 17.2 Å². The van der Waals surface area contributed by atoms with Crippen molar-refractivity contribution in [3.05, 3.63) is 57.6 Å². The van der Waals surface area contributed by atoms with Crippen LogP contribution in [0.15, 0.2) is 36.4 Å². The van der Waals surface area contributed by atoms with Gasteiger partial charge < -0.3 is 30.0 Å². The zero-order valence-electron chi connectivity index (χ0n) is 20.9. The minimum Gasteiger partial charge on any atom is -0.502 e. The molecular weight excluding hydrogens is 486 g/mol. The molecule has 0 saturated carbocycles. The molecule has 0 unspecified atom stereocenters. The average Bonchev–Trinajstić information content (AvgIpc) is 3.33. The van der Waals surface area contributed by atoms with Crippen molar-refractivity contribution < 1.29 is 38.6 Å². The number of phenols is 1. The van der Waals surface area contributed by atoms with Crippen LogP contribution >= 0.6 is 0 Å². The van der Waals surface area contributed by atoms with E-state index in [9.17, 15) is 29.6 Å². The molecule has 2 amide bonds. The van der Waals surface area contributed by atoms with Gasteiger partial charge in [0.2, 0.25) is 18.6 Å². The topological polar surface area (TPSA) is 166 Å². The normalized spacial score (nSPS) is 14.4. The first kappa shape index (κ1) is 27.2. The molecule has 3 rings (SSSR count). The Labute approximate surface area is 213 Å². The highest BCUT2D eigenvalue weighted by Crippen LogP contribution is 2.39. The molecule has 3 N–H and O–H groups in total. The van der Waals surface area contributed by atoms with E-state index in [1.54, 1.807) is 32.0 Å². The van der Waals surface area contributed by atoms with Crippen molar-refractivity contribution in [1.82, 2.24) is 10.6 Å². The van der Waals surface area contributed by atoms with Crippen molar-refractivity contribution in [3.63, 3.8) is 0 Å². The lowest BCUT2D eigenvalue weighted by atomic mass is 9.72. The summed E-state index contributed by atoms with van der Waals surface area (Å²) >= 11 is 0. The Kier molecular flexibility index (Phi) is 8.21. The molecule has 12 heteroatoms. The zero-order chi connectivity index (χ0) is 27.3. The number of fused-ring (bicyclic) bond motifs is 1. The predicted molar refractivity (Wildman–Crippen MR) is 130 cm³/mol. The van der Waals surface area contributed by atoms with Gasteiger partial charge in [0.15, 0.2) is 22.7 Å². The third-order valence-corrected chi connectivity index (χ3v) is 6.08. The molecule has 0 aromatic heterocycles. The fourth-order valence-corrected chi connectivity index (χ4v) is 4.35. The van der Waals surface area contributed by atoms with Gasteiger partial charge in [0.05, 0.1) is 24.5 Å². The Hall–Kier alpha value is -4.35. The van der Waals surface area contributed by atoms with E-state index in [0.717, 1.165) is 12.1 Å². The summed E-state index contributed by atoms with van der Waals surface area (Å²) in [6.07, 6.45) is -0.249. The number of nitro groups is 1. The van der Waals surface area contributed by atoms with E-state index in [4.69, 9.17) is 14.2 Å². The molecular formula is C25H29N3O9. The lowest BCUT2D eigenvalue weighted by Gasteiger charge is -2.34. The Morgan fingerprint density at radius 2 is 1.84 bits per heavy atom. The van der Waals surface area contributed by atoms with Crippen LogP contribution in [0.2, 0.25) is 0 Å². The maximum Gasteiger partial charge on any atom is 0.310 e. The Morgan fingerprint density at radius 1 is 1.14 bits per heavy atom. The van der Waals surface area contributed by atoms with E-state index in [0.29, 0.717) is 17.1 Å². The molecule has 0 fully saturated rings. The second kappa shape index (κ2) is 11.1. The monoisotopic (exact) mass is 515 g/mol. The number of hydrogen-bond donors (Lipinski definition) is 3. The quantitative estimate of drug-likeness (QED) is 0.186. The van der Waals surface area contributed by atoms with Crippen molar-refractivity contribution in [2.75, 3.05) is 21.0 Å². The van der Waals surface area contributed by atoms with Crippen LogP contribution in [-0.4, -0.2) is 48.8 Å². The van der Waals surface area contributed by atoms with E-state index in [-0.39, 0.29) is 31.1 Å². The summed E-state index contributed by atoms with van der Waals surface area (Å²) < 4.78 is 15.6. The third-order valence-electron chi connectivity index (χ3n) is 6.08. The van der Waals surface area contributed by atoms with Gasteiger partial charge in [-0.1, -0.05) is 26.0 Å². The van der Waals surface area contributed by atoms with Crippen LogP contribution in [-0.2, 0) is 24.5 Å². The predicted octanol–water partition coefficient (Wildman–Crippen LogP) is 2.48. The van der Waals surface area contributed by atoms with Gasteiger partial charge >= 0.3 is 11.7 Å². The zero-order valence-corrected chi connectivity index (χ0v) is 20.9. The second-order valence-corrected chi connectivity index (χ2v) is 8.96. The van der Waals surface area contributed by atoms with Gasteiger partial charge in [-0.25, -0.2) is 0 Å². The number of amides is 2. The number of benzene rings is 2. The van der Waals surface area contributed by atoms with Crippen LogP contribution < -0.4 is 20.1 Å². The highest BCUT2D eigenvalue weighted by molar-refractivity contribution is 6.11. The number of nitrogens with one attached hydrogen (secondary N) is 2. The summed E-state index contributed by atoms with van der Waals surface area (Å²) in [7, 11) is 2.58. The van der Waals surface area contributed by atoms with Crippen LogP contribution in [0.3, 0.4) is 0 Å². The molecule has 2 aromatic carbocycles. The first-order valence-corrected chi connectivity index (χ1v) is 11.5. The van der Waals surface area contributed by atoms with Crippen LogP contribution in [0.4, 0.5) is 5.69 Å². The van der Waals surface area contributed by atoms with Crippen molar-refractivity contribution in [1.29, 1.82) is 0 Å². The molecule has 2 atom stereocenters. The maximum atomic E-state index is 14.0. The third kappa shape index (κ3) is 5.57. The van der Waals surface area contributed by atoms with E-state index in [1.165, 1.54) is 20.2 Å². The van der Waals surface area contributed by atoms with Crippen molar-refractivity contribution in [3.8, 4) is 17.2 Å². The van der Waals surface area contributed by atoms with Gasteiger partial charge in [-0.2, -0.15) is 0 Å². The number of carbonyl (C=O) groups excluding carboxylic acids is 3. The minimum absolute atomic E-state index is 0.00183. The largest absolute Gasteiger partial charge is 0.502 e. The lowest BCUT2D eigenvalue weighted by molar-refractivity contribution is -0.385. The number of phenolic OH excluding ortho intramolecular Hbond substituents is 1. The van der Waals surface area contributed by atoms with Crippen LogP contribution in [0, 0.1) is 16.0 Å². The fourth-order valence-electron chi connectivity index (χ4n) is 4.35. The Bertz CT molecular complexity index is 1210. The molecule has 37 heavy (non-hydrogen) atoms. The van der Waals surface area contributed by atoms with E-state index in [1.807, 2.05) is 0 Å². The molecule has 2 aromatic rings. The summed E-state index contributed by atoms with van der Waals surface area (Å²) in [6.45, 7) is 3.64. The SMILES string of the molecule is CNC(=O)[C@@](CC(C)C)(C(=O)N[C@@H](CC(=O)OC)c1ccc2c(c1)OCO2)c1ccc([N+](=O)[O-])c(O)c1. The number of nitro benzene ring substituents is 1. The molecule has 0 bridgehead atoms. The highest BCUT2D eigenvalue weighted by Gasteiger charge is 2.49. The molecule has 0 aliphatic carbocycles. The van der Waals surface area contributed by atoms with Gasteiger partial charge in [0.25, 0.3) is 0 Å². The fraction of sp³-hybridized carbons (Fsp3) is 0.400. The summed E-state index contributed by atoms with van der Waals surface area (Å²) in [5.41, 5.74) is -1.89. The van der Waals surface area contributed by atoms with Gasteiger partial charge in [0.1, 0.15) is 0 Å². The smallest absolute Gasteiger partial charge is 0.310 e.